The van der Waals surface area contributed by atoms with Gasteiger partial charge in [0.15, 0.2) is 5.78 Å². The third kappa shape index (κ3) is 0.657. The molecule has 0 heterocycles. The van der Waals surface area contributed by atoms with Crippen LogP contribution in [-0.4, -0.2) is 28.2 Å². The van der Waals surface area contributed by atoms with E-state index in [4.69, 9.17) is 10.2 Å². The molecule has 1 unspecified atom stereocenters. The maximum atomic E-state index is 10.3. The molecular formula is C5H6O3. The summed E-state index contributed by atoms with van der Waals surface area (Å²) in [6, 6.07) is 0. The van der Waals surface area contributed by atoms with Gasteiger partial charge in [0, 0.05) is 0 Å². The molecule has 0 radical (unpaired) electrons. The van der Waals surface area contributed by atoms with Crippen molar-refractivity contribution in [2.75, 3.05) is 0 Å². The molecule has 2 atom stereocenters. The summed E-state index contributed by atoms with van der Waals surface area (Å²) in [6.07, 6.45) is 0.250. The third-order valence-corrected chi connectivity index (χ3v) is 1.07. The number of rotatable bonds is 0. The van der Waals surface area contributed by atoms with Crippen LogP contribution in [0.3, 0.4) is 0 Å². The lowest BCUT2D eigenvalue weighted by atomic mass is 10.2. The summed E-state index contributed by atoms with van der Waals surface area (Å²) in [5.41, 5.74) is 0. The van der Waals surface area contributed by atoms with E-state index in [2.05, 4.69) is 0 Å². The Morgan fingerprint density at radius 2 is 2.12 bits per heavy atom. The summed E-state index contributed by atoms with van der Waals surface area (Å²) in [5, 5.41) is 17.2. The largest absolute Gasteiger partial charge is 0.386 e. The van der Waals surface area contributed by atoms with Crippen molar-refractivity contribution < 1.29 is 15.0 Å². The summed E-state index contributed by atoms with van der Waals surface area (Å²) < 4.78 is 0. The van der Waals surface area contributed by atoms with E-state index >= 15 is 0 Å². The quantitative estimate of drug-likeness (QED) is 0.418. The molecule has 0 fully saturated rings. The van der Waals surface area contributed by atoms with Gasteiger partial charge in [-0.05, 0) is 12.2 Å². The molecule has 3 nitrogen and oxygen atoms in total. The first kappa shape index (κ1) is 5.47. The second-order valence-corrected chi connectivity index (χ2v) is 1.70. The van der Waals surface area contributed by atoms with Crippen LogP contribution in [0.5, 0.6) is 0 Å². The molecule has 44 valence electrons. The Labute approximate surface area is 46.3 Å². The van der Waals surface area contributed by atoms with Crippen molar-refractivity contribution in [3.63, 3.8) is 0 Å². The average Bonchev–Trinajstić information content (AvgIpc) is 1.98. The maximum Gasteiger partial charge on any atom is 0.186 e. The van der Waals surface area contributed by atoms with Crippen LogP contribution in [0.2, 0.25) is 0 Å². The van der Waals surface area contributed by atoms with Gasteiger partial charge >= 0.3 is 0 Å². The van der Waals surface area contributed by atoms with E-state index < -0.39 is 18.0 Å². The first-order valence-corrected chi connectivity index (χ1v) is 2.30. The minimum Gasteiger partial charge on any atom is -0.386 e. The fourth-order valence-electron chi connectivity index (χ4n) is 0.566. The second-order valence-electron chi connectivity index (χ2n) is 1.70. The Hall–Kier alpha value is -0.670. The van der Waals surface area contributed by atoms with Gasteiger partial charge in [0.05, 0.1) is 0 Å². The van der Waals surface area contributed by atoms with E-state index in [9.17, 15) is 4.79 Å². The molecule has 0 aromatic heterocycles. The van der Waals surface area contributed by atoms with Crippen molar-refractivity contribution in [1.82, 2.24) is 0 Å². The smallest absolute Gasteiger partial charge is 0.186 e. The van der Waals surface area contributed by atoms with E-state index in [1.165, 1.54) is 12.2 Å². The number of hydrogen-bond donors (Lipinski definition) is 2. The Morgan fingerprint density at radius 1 is 1.50 bits per heavy atom. The summed E-state index contributed by atoms with van der Waals surface area (Å²) >= 11 is 0. The molecule has 0 aromatic rings. The van der Waals surface area contributed by atoms with Crippen LogP contribution in [-0.2, 0) is 4.79 Å². The topological polar surface area (TPSA) is 57.5 Å². The van der Waals surface area contributed by atoms with Crippen molar-refractivity contribution in [1.29, 1.82) is 0 Å². The van der Waals surface area contributed by atoms with Crippen LogP contribution in [0.4, 0.5) is 0 Å². The summed E-state index contributed by atoms with van der Waals surface area (Å²) in [4.78, 5) is 10.3. The molecule has 8 heavy (non-hydrogen) atoms. The molecule has 0 amide bonds. The Balaban J connectivity index is 2.69. The molecule has 0 aliphatic heterocycles. The molecule has 3 heteroatoms. The average molecular weight is 114 g/mol. The van der Waals surface area contributed by atoms with Gasteiger partial charge in [0.2, 0.25) is 0 Å². The zero-order chi connectivity index (χ0) is 6.15. The van der Waals surface area contributed by atoms with E-state index in [0.29, 0.717) is 0 Å². The van der Waals surface area contributed by atoms with E-state index in [1.807, 2.05) is 0 Å². The SMILES string of the molecule is O=C1C=CC(O)[C@H]1O. The van der Waals surface area contributed by atoms with Gasteiger partial charge in [-0.15, -0.1) is 0 Å². The number of aliphatic hydroxyl groups excluding tert-OH is 2. The predicted octanol–water partition coefficient (Wildman–Crippen LogP) is -1.15. The Bertz CT molecular complexity index is 139. The van der Waals surface area contributed by atoms with Crippen molar-refractivity contribution >= 4 is 5.78 Å². The van der Waals surface area contributed by atoms with Crippen molar-refractivity contribution in [3.8, 4) is 0 Å². The first-order valence-electron chi connectivity index (χ1n) is 2.30. The van der Waals surface area contributed by atoms with Gasteiger partial charge in [0.25, 0.3) is 0 Å². The summed E-state index contributed by atoms with van der Waals surface area (Å²) in [7, 11) is 0. The first-order chi connectivity index (χ1) is 3.72. The molecular weight excluding hydrogens is 108 g/mol. The van der Waals surface area contributed by atoms with Crippen LogP contribution in [0, 0.1) is 0 Å². The number of ketones is 1. The number of aliphatic hydroxyl groups is 2. The molecule has 1 aliphatic carbocycles. The zero-order valence-electron chi connectivity index (χ0n) is 4.11. The van der Waals surface area contributed by atoms with E-state index in [0.717, 1.165) is 0 Å². The standard InChI is InChI=1S/C5H6O3/c6-3-1-2-4(7)5(3)8/h1-3,5-6,8H/t3?,5-/m1/s1. The van der Waals surface area contributed by atoms with Crippen LogP contribution >= 0.6 is 0 Å². The third-order valence-electron chi connectivity index (χ3n) is 1.07. The highest BCUT2D eigenvalue weighted by Crippen LogP contribution is 2.05. The fourth-order valence-corrected chi connectivity index (χ4v) is 0.566. The fraction of sp³-hybridized carbons (Fsp3) is 0.400. The zero-order valence-corrected chi connectivity index (χ0v) is 4.11. The molecule has 0 spiro atoms. The highest BCUT2D eigenvalue weighted by molar-refractivity contribution is 5.96. The highest BCUT2D eigenvalue weighted by atomic mass is 16.3. The lowest BCUT2D eigenvalue weighted by molar-refractivity contribution is -0.124. The van der Waals surface area contributed by atoms with Gasteiger partial charge in [-0.25, -0.2) is 0 Å². The molecule has 0 saturated heterocycles. The minimum absolute atomic E-state index is 0.419. The molecule has 1 rings (SSSR count). The molecule has 2 N–H and O–H groups in total. The highest BCUT2D eigenvalue weighted by Gasteiger charge is 2.24. The van der Waals surface area contributed by atoms with Gasteiger partial charge in [-0.1, -0.05) is 0 Å². The lowest BCUT2D eigenvalue weighted by Crippen LogP contribution is -2.25. The summed E-state index contributed by atoms with van der Waals surface area (Å²) in [6.45, 7) is 0. The number of carbonyl (C=O) groups excluding carboxylic acids is 1. The molecule has 0 bridgehead atoms. The van der Waals surface area contributed by atoms with Gasteiger partial charge in [0.1, 0.15) is 12.2 Å². The molecule has 1 aliphatic rings. The number of hydrogen-bond acceptors (Lipinski definition) is 3. The second kappa shape index (κ2) is 1.69. The van der Waals surface area contributed by atoms with Crippen molar-refractivity contribution in [3.05, 3.63) is 12.2 Å². The Morgan fingerprint density at radius 3 is 2.25 bits per heavy atom. The Kier molecular flexibility index (Phi) is 1.15. The lowest BCUT2D eigenvalue weighted by Gasteiger charge is -2.01. The molecule has 0 saturated carbocycles. The van der Waals surface area contributed by atoms with Gasteiger partial charge in [-0.2, -0.15) is 0 Å². The maximum absolute atomic E-state index is 10.3. The van der Waals surface area contributed by atoms with E-state index in [-0.39, 0.29) is 0 Å². The van der Waals surface area contributed by atoms with Crippen molar-refractivity contribution in [2.24, 2.45) is 0 Å². The van der Waals surface area contributed by atoms with Crippen LogP contribution < -0.4 is 0 Å². The van der Waals surface area contributed by atoms with Gasteiger partial charge < -0.3 is 10.2 Å². The normalized spacial score (nSPS) is 36.5. The summed E-state index contributed by atoms with van der Waals surface area (Å²) in [5.74, 6) is -0.419. The minimum atomic E-state index is -1.21. The number of carbonyl (C=O) groups is 1. The molecule has 0 aromatic carbocycles. The van der Waals surface area contributed by atoms with E-state index in [1.54, 1.807) is 0 Å². The van der Waals surface area contributed by atoms with Gasteiger partial charge in [-0.3, -0.25) is 4.79 Å². The van der Waals surface area contributed by atoms with Crippen LogP contribution in [0.25, 0.3) is 0 Å². The van der Waals surface area contributed by atoms with Crippen molar-refractivity contribution in [2.45, 2.75) is 12.2 Å². The monoisotopic (exact) mass is 114 g/mol. The van der Waals surface area contributed by atoms with Crippen LogP contribution in [0.15, 0.2) is 12.2 Å². The van der Waals surface area contributed by atoms with Crippen LogP contribution in [0.1, 0.15) is 0 Å². The predicted molar refractivity (Wildman–Crippen MR) is 26.2 cm³/mol.